The Labute approximate surface area is 192 Å². The predicted octanol–water partition coefficient (Wildman–Crippen LogP) is 0.306. The van der Waals surface area contributed by atoms with Gasteiger partial charge in [0.15, 0.2) is 0 Å². The Hall–Kier alpha value is -4.05. The SMILES string of the molecule is C#CCNC(=O)CN1CCN(C(=O)c2cccc(-n3cc[nH]c3=O)c2)CC1.O=C(O)C(F)(F)F. The number of benzene rings is 1. The van der Waals surface area contributed by atoms with Crippen LogP contribution >= 0.6 is 0 Å². The standard InChI is InChI=1S/C19H21N5O3.C2HF3O2/c1-2-6-20-17(25)14-22-9-11-23(12-10-22)18(26)15-4-3-5-16(13-15)24-8-7-21-19(24)27;3-2(4,5)1(6)7/h1,3-5,7-8,13H,6,9-12,14H2,(H,20,25)(H,21,27);(H,6,7). The van der Waals surface area contributed by atoms with E-state index in [-0.39, 0.29) is 30.6 Å². The number of aromatic nitrogens is 2. The third-order valence-electron chi connectivity index (χ3n) is 4.68. The summed E-state index contributed by atoms with van der Waals surface area (Å²) in [6, 6.07) is 6.98. The van der Waals surface area contributed by atoms with Crippen LogP contribution in [0.5, 0.6) is 0 Å². The number of nitrogens with zero attached hydrogens (tertiary/aromatic N) is 3. The van der Waals surface area contributed by atoms with Crippen molar-refractivity contribution < 1.29 is 32.7 Å². The zero-order valence-corrected chi connectivity index (χ0v) is 17.8. The van der Waals surface area contributed by atoms with Crippen LogP contribution in [0.1, 0.15) is 10.4 Å². The molecule has 3 rings (SSSR count). The highest BCUT2D eigenvalue weighted by Gasteiger charge is 2.38. The fourth-order valence-corrected chi connectivity index (χ4v) is 3.01. The Morgan fingerprint density at radius 1 is 1.18 bits per heavy atom. The van der Waals surface area contributed by atoms with E-state index < -0.39 is 12.1 Å². The number of carbonyl (C=O) groups is 3. The molecule has 34 heavy (non-hydrogen) atoms. The minimum Gasteiger partial charge on any atom is -0.475 e. The van der Waals surface area contributed by atoms with Crippen LogP contribution < -0.4 is 11.0 Å². The van der Waals surface area contributed by atoms with E-state index in [9.17, 15) is 27.6 Å². The van der Waals surface area contributed by atoms with E-state index in [1.807, 2.05) is 4.90 Å². The van der Waals surface area contributed by atoms with Gasteiger partial charge in [-0.15, -0.1) is 6.42 Å². The monoisotopic (exact) mass is 481 g/mol. The lowest BCUT2D eigenvalue weighted by Crippen LogP contribution is -2.51. The highest BCUT2D eigenvalue weighted by molar-refractivity contribution is 5.94. The summed E-state index contributed by atoms with van der Waals surface area (Å²) in [5.41, 5.74) is 0.910. The molecular formula is C21H22F3N5O5. The van der Waals surface area contributed by atoms with Crippen LogP contribution in [0.3, 0.4) is 0 Å². The van der Waals surface area contributed by atoms with Crippen LogP contribution in [0.2, 0.25) is 0 Å². The minimum atomic E-state index is -5.08. The van der Waals surface area contributed by atoms with Gasteiger partial charge in [0.2, 0.25) is 5.91 Å². The zero-order valence-electron chi connectivity index (χ0n) is 17.8. The number of rotatable bonds is 5. The Bertz CT molecular complexity index is 1110. The van der Waals surface area contributed by atoms with Gasteiger partial charge < -0.3 is 20.3 Å². The van der Waals surface area contributed by atoms with Gasteiger partial charge in [0.25, 0.3) is 5.91 Å². The van der Waals surface area contributed by atoms with Gasteiger partial charge in [0, 0.05) is 44.1 Å². The number of alkyl halides is 3. The summed E-state index contributed by atoms with van der Waals surface area (Å²) in [5, 5.41) is 9.76. The van der Waals surface area contributed by atoms with Crippen molar-refractivity contribution in [3.63, 3.8) is 0 Å². The third kappa shape index (κ3) is 7.52. The number of H-pyrrole nitrogens is 1. The normalized spacial score (nSPS) is 13.9. The molecule has 1 aromatic carbocycles. The molecule has 10 nitrogen and oxygen atoms in total. The van der Waals surface area contributed by atoms with E-state index in [0.29, 0.717) is 37.4 Å². The molecule has 0 radical (unpaired) electrons. The van der Waals surface area contributed by atoms with E-state index in [1.165, 1.54) is 4.57 Å². The summed E-state index contributed by atoms with van der Waals surface area (Å²) >= 11 is 0. The number of nitrogens with one attached hydrogen (secondary N) is 2. The number of piperazine rings is 1. The van der Waals surface area contributed by atoms with E-state index in [1.54, 1.807) is 41.6 Å². The molecule has 1 saturated heterocycles. The quantitative estimate of drug-likeness (QED) is 0.528. The molecule has 3 N–H and O–H groups in total. The maximum atomic E-state index is 12.8. The number of aliphatic carboxylic acids is 1. The molecule has 1 fully saturated rings. The predicted molar refractivity (Wildman–Crippen MR) is 114 cm³/mol. The van der Waals surface area contributed by atoms with Gasteiger partial charge in [-0.05, 0) is 18.2 Å². The van der Waals surface area contributed by atoms with Crippen molar-refractivity contribution in [2.75, 3.05) is 39.3 Å². The van der Waals surface area contributed by atoms with Crippen LogP contribution in [0, 0.1) is 12.3 Å². The van der Waals surface area contributed by atoms with Gasteiger partial charge >= 0.3 is 17.8 Å². The Balaban J connectivity index is 0.000000509. The van der Waals surface area contributed by atoms with Crippen LogP contribution in [0.25, 0.3) is 5.69 Å². The zero-order chi connectivity index (χ0) is 25.3. The van der Waals surface area contributed by atoms with Crippen molar-refractivity contribution in [1.29, 1.82) is 0 Å². The molecule has 2 heterocycles. The van der Waals surface area contributed by atoms with Gasteiger partial charge in [0.05, 0.1) is 18.8 Å². The second kappa shape index (κ2) is 11.7. The molecule has 0 aliphatic carbocycles. The first-order valence-corrected chi connectivity index (χ1v) is 9.91. The fraction of sp³-hybridized carbons (Fsp3) is 0.333. The number of carboxylic acids is 1. The molecule has 1 aliphatic rings. The highest BCUT2D eigenvalue weighted by atomic mass is 19.4. The summed E-state index contributed by atoms with van der Waals surface area (Å²) in [6.45, 7) is 2.80. The number of carbonyl (C=O) groups excluding carboxylic acids is 2. The molecule has 1 aromatic heterocycles. The van der Waals surface area contributed by atoms with Crippen LogP contribution in [0.15, 0.2) is 41.5 Å². The number of halogens is 3. The smallest absolute Gasteiger partial charge is 0.475 e. The fourth-order valence-electron chi connectivity index (χ4n) is 3.01. The summed E-state index contributed by atoms with van der Waals surface area (Å²) in [5.74, 6) is -0.589. The van der Waals surface area contributed by atoms with Gasteiger partial charge in [-0.1, -0.05) is 12.0 Å². The summed E-state index contributed by atoms with van der Waals surface area (Å²) in [7, 11) is 0. The van der Waals surface area contributed by atoms with Gasteiger partial charge in [-0.3, -0.25) is 19.1 Å². The summed E-state index contributed by atoms with van der Waals surface area (Å²) < 4.78 is 33.2. The lowest BCUT2D eigenvalue weighted by Gasteiger charge is -2.34. The molecule has 0 atom stereocenters. The number of hydrogen-bond donors (Lipinski definition) is 3. The van der Waals surface area contributed by atoms with Gasteiger partial charge in [-0.25, -0.2) is 9.59 Å². The first-order chi connectivity index (χ1) is 16.0. The van der Waals surface area contributed by atoms with Gasteiger partial charge in [-0.2, -0.15) is 13.2 Å². The van der Waals surface area contributed by atoms with Crippen molar-refractivity contribution in [3.05, 3.63) is 52.7 Å². The molecule has 0 unspecified atom stereocenters. The van der Waals surface area contributed by atoms with Crippen LogP contribution in [-0.2, 0) is 9.59 Å². The van der Waals surface area contributed by atoms with Crippen LogP contribution in [0.4, 0.5) is 13.2 Å². The lowest BCUT2D eigenvalue weighted by molar-refractivity contribution is -0.192. The van der Waals surface area contributed by atoms with E-state index >= 15 is 0 Å². The summed E-state index contributed by atoms with van der Waals surface area (Å²) in [4.78, 5) is 51.5. The average molecular weight is 481 g/mol. The largest absolute Gasteiger partial charge is 0.490 e. The van der Waals surface area contributed by atoms with Crippen molar-refractivity contribution in [1.82, 2.24) is 24.7 Å². The van der Waals surface area contributed by atoms with Crippen molar-refractivity contribution in [2.24, 2.45) is 0 Å². The van der Waals surface area contributed by atoms with Crippen molar-refractivity contribution >= 4 is 17.8 Å². The van der Waals surface area contributed by atoms with E-state index in [4.69, 9.17) is 16.3 Å². The van der Waals surface area contributed by atoms with Gasteiger partial charge in [0.1, 0.15) is 0 Å². The molecule has 13 heteroatoms. The first-order valence-electron chi connectivity index (χ1n) is 9.91. The molecule has 0 saturated carbocycles. The number of aromatic amines is 1. The number of amides is 2. The number of imidazole rings is 1. The minimum absolute atomic E-state index is 0.0862. The molecule has 0 bridgehead atoms. The molecule has 2 aromatic rings. The van der Waals surface area contributed by atoms with Crippen LogP contribution in [-0.4, -0.2) is 87.7 Å². The lowest BCUT2D eigenvalue weighted by atomic mass is 10.1. The number of hydrogen-bond acceptors (Lipinski definition) is 5. The maximum absolute atomic E-state index is 12.8. The molecule has 182 valence electrons. The van der Waals surface area contributed by atoms with Crippen molar-refractivity contribution in [3.8, 4) is 18.0 Å². The topological polar surface area (TPSA) is 128 Å². The maximum Gasteiger partial charge on any atom is 0.490 e. The van der Waals surface area contributed by atoms with Crippen molar-refractivity contribution in [2.45, 2.75) is 6.18 Å². The average Bonchev–Trinajstić information content (AvgIpc) is 3.23. The summed E-state index contributed by atoms with van der Waals surface area (Å²) in [6.07, 6.45) is 3.21. The number of terminal acetylenes is 1. The Morgan fingerprint density at radius 3 is 2.35 bits per heavy atom. The number of carboxylic acid groups (broad SMARTS) is 1. The van der Waals surface area contributed by atoms with E-state index in [2.05, 4.69) is 16.2 Å². The van der Waals surface area contributed by atoms with E-state index in [0.717, 1.165) is 0 Å². The molecule has 0 spiro atoms. The molecule has 2 amide bonds. The Kier molecular flexibility index (Phi) is 9.02. The molecular weight excluding hydrogens is 459 g/mol. The second-order valence-corrected chi connectivity index (χ2v) is 7.04. The molecule has 1 aliphatic heterocycles. The highest BCUT2D eigenvalue weighted by Crippen LogP contribution is 2.14. The first kappa shape index (κ1) is 26.2. The third-order valence-corrected chi connectivity index (χ3v) is 4.68. The second-order valence-electron chi connectivity index (χ2n) is 7.04. The Morgan fingerprint density at radius 2 is 1.82 bits per heavy atom.